The summed E-state index contributed by atoms with van der Waals surface area (Å²) in [5.74, 6) is -0.912. The molecular formula is C14H11BrN2O4. The predicted molar refractivity (Wildman–Crippen MR) is 79.5 cm³/mol. The zero-order valence-corrected chi connectivity index (χ0v) is 12.3. The minimum Gasteiger partial charge on any atom is -0.482 e. The van der Waals surface area contributed by atoms with Gasteiger partial charge in [-0.05, 0) is 52.3 Å². The Labute approximate surface area is 128 Å². The molecule has 0 unspecified atom stereocenters. The number of carboxylic acid groups (broad SMARTS) is 1. The fourth-order valence-corrected chi connectivity index (χ4v) is 1.73. The van der Waals surface area contributed by atoms with Crippen molar-refractivity contribution in [2.24, 2.45) is 0 Å². The van der Waals surface area contributed by atoms with Crippen molar-refractivity contribution in [3.8, 4) is 5.75 Å². The Kier molecular flexibility index (Phi) is 4.89. The van der Waals surface area contributed by atoms with Crippen molar-refractivity contribution in [3.63, 3.8) is 0 Å². The van der Waals surface area contributed by atoms with E-state index in [1.807, 2.05) is 0 Å². The van der Waals surface area contributed by atoms with Crippen LogP contribution in [0.2, 0.25) is 0 Å². The third-order valence-corrected chi connectivity index (χ3v) is 2.93. The maximum absolute atomic E-state index is 11.9. The molecule has 2 rings (SSSR count). The van der Waals surface area contributed by atoms with Crippen molar-refractivity contribution in [1.29, 1.82) is 0 Å². The van der Waals surface area contributed by atoms with Crippen LogP contribution in [0.1, 0.15) is 10.4 Å². The molecule has 0 atom stereocenters. The summed E-state index contributed by atoms with van der Waals surface area (Å²) in [6.45, 7) is -0.406. The number of aliphatic carboxylic acids is 1. The molecule has 108 valence electrons. The summed E-state index contributed by atoms with van der Waals surface area (Å²) in [6, 6.07) is 9.74. The average Bonchev–Trinajstić information content (AvgIpc) is 2.47. The summed E-state index contributed by atoms with van der Waals surface area (Å²) < 4.78 is 5.65. The lowest BCUT2D eigenvalue weighted by molar-refractivity contribution is -0.139. The Morgan fingerprint density at radius 3 is 2.48 bits per heavy atom. The first kappa shape index (κ1) is 15.0. The summed E-state index contributed by atoms with van der Waals surface area (Å²) >= 11 is 3.20. The predicted octanol–water partition coefficient (Wildman–Crippen LogP) is 2.56. The molecule has 0 saturated carbocycles. The van der Waals surface area contributed by atoms with Crippen LogP contribution in [0.4, 0.5) is 5.69 Å². The van der Waals surface area contributed by atoms with E-state index in [0.29, 0.717) is 21.6 Å². The number of carbonyl (C=O) groups excluding carboxylic acids is 1. The topological polar surface area (TPSA) is 88.5 Å². The highest BCUT2D eigenvalue weighted by Gasteiger charge is 2.07. The smallest absolute Gasteiger partial charge is 0.341 e. The van der Waals surface area contributed by atoms with Crippen LogP contribution >= 0.6 is 15.9 Å². The van der Waals surface area contributed by atoms with Crippen molar-refractivity contribution >= 4 is 33.5 Å². The number of carbonyl (C=O) groups is 2. The Bertz CT molecular complexity index is 641. The second kappa shape index (κ2) is 6.85. The van der Waals surface area contributed by atoms with E-state index in [4.69, 9.17) is 9.84 Å². The van der Waals surface area contributed by atoms with Crippen LogP contribution in [-0.4, -0.2) is 28.6 Å². The molecule has 1 aromatic carbocycles. The van der Waals surface area contributed by atoms with Gasteiger partial charge in [-0.3, -0.25) is 4.79 Å². The first-order chi connectivity index (χ1) is 10.0. The number of aromatic nitrogens is 1. The van der Waals surface area contributed by atoms with E-state index in [1.165, 1.54) is 6.20 Å². The zero-order valence-electron chi connectivity index (χ0n) is 10.7. The number of halogens is 1. The van der Waals surface area contributed by atoms with Crippen LogP contribution in [0.15, 0.2) is 47.2 Å². The summed E-state index contributed by atoms with van der Waals surface area (Å²) in [5.41, 5.74) is 1.01. The number of anilines is 1. The Hall–Kier alpha value is -2.41. The molecule has 7 heteroatoms. The third kappa shape index (κ3) is 4.57. The molecule has 0 aliphatic carbocycles. The molecule has 2 aromatic rings. The van der Waals surface area contributed by atoms with Gasteiger partial charge in [-0.2, -0.15) is 0 Å². The van der Waals surface area contributed by atoms with Gasteiger partial charge in [0.25, 0.3) is 5.91 Å². The molecule has 0 saturated heterocycles. The Morgan fingerprint density at radius 1 is 1.19 bits per heavy atom. The molecule has 21 heavy (non-hydrogen) atoms. The maximum atomic E-state index is 11.9. The highest BCUT2D eigenvalue weighted by molar-refractivity contribution is 9.10. The van der Waals surface area contributed by atoms with Gasteiger partial charge in [0, 0.05) is 11.9 Å². The van der Waals surface area contributed by atoms with Crippen molar-refractivity contribution in [2.45, 2.75) is 0 Å². The number of pyridine rings is 1. The standard InChI is InChI=1S/C14H11BrN2O4/c15-12-6-1-9(7-16-12)14(20)17-10-2-4-11(5-3-10)21-8-13(18)19/h1-7H,8H2,(H,17,20)(H,18,19). The Balaban J connectivity index is 1.98. The monoisotopic (exact) mass is 350 g/mol. The molecule has 0 aliphatic heterocycles. The number of rotatable bonds is 5. The molecule has 2 N–H and O–H groups in total. The largest absolute Gasteiger partial charge is 0.482 e. The number of benzene rings is 1. The van der Waals surface area contributed by atoms with Gasteiger partial charge in [-0.1, -0.05) is 0 Å². The second-order valence-electron chi connectivity index (χ2n) is 4.03. The average molecular weight is 351 g/mol. The lowest BCUT2D eigenvalue weighted by atomic mass is 10.2. The quantitative estimate of drug-likeness (QED) is 0.809. The van der Waals surface area contributed by atoms with Crippen LogP contribution in [0.5, 0.6) is 5.75 Å². The molecule has 1 amide bonds. The third-order valence-electron chi connectivity index (χ3n) is 2.46. The van der Waals surface area contributed by atoms with Crippen LogP contribution in [0.25, 0.3) is 0 Å². The van der Waals surface area contributed by atoms with E-state index in [2.05, 4.69) is 26.2 Å². The number of hydrogen-bond acceptors (Lipinski definition) is 4. The van der Waals surface area contributed by atoms with Gasteiger partial charge < -0.3 is 15.2 Å². The fraction of sp³-hybridized carbons (Fsp3) is 0.0714. The highest BCUT2D eigenvalue weighted by Crippen LogP contribution is 2.16. The van der Waals surface area contributed by atoms with E-state index < -0.39 is 12.6 Å². The number of amides is 1. The van der Waals surface area contributed by atoms with Crippen LogP contribution < -0.4 is 10.1 Å². The van der Waals surface area contributed by atoms with Gasteiger partial charge in [0.2, 0.25) is 0 Å². The second-order valence-corrected chi connectivity index (χ2v) is 4.84. The molecule has 6 nitrogen and oxygen atoms in total. The molecule has 0 bridgehead atoms. The summed E-state index contributed by atoms with van der Waals surface area (Å²) in [5, 5.41) is 11.2. The number of carboxylic acids is 1. The molecule has 0 radical (unpaired) electrons. The lowest BCUT2D eigenvalue weighted by Gasteiger charge is -2.07. The summed E-state index contributed by atoms with van der Waals surface area (Å²) in [6.07, 6.45) is 1.46. The number of nitrogens with one attached hydrogen (secondary N) is 1. The minimum absolute atomic E-state index is 0.283. The van der Waals surface area contributed by atoms with Crippen molar-refractivity contribution in [3.05, 3.63) is 52.8 Å². The van der Waals surface area contributed by atoms with E-state index >= 15 is 0 Å². The van der Waals surface area contributed by atoms with Crippen molar-refractivity contribution in [2.75, 3.05) is 11.9 Å². The van der Waals surface area contributed by atoms with E-state index in [0.717, 1.165) is 0 Å². The first-order valence-corrected chi connectivity index (χ1v) is 6.71. The van der Waals surface area contributed by atoms with Gasteiger partial charge in [0.05, 0.1) is 5.56 Å². The van der Waals surface area contributed by atoms with Crippen molar-refractivity contribution < 1.29 is 19.4 Å². The number of hydrogen-bond donors (Lipinski definition) is 2. The van der Waals surface area contributed by atoms with Crippen molar-refractivity contribution in [1.82, 2.24) is 4.98 Å². The summed E-state index contributed by atoms with van der Waals surface area (Å²) in [4.78, 5) is 26.3. The Morgan fingerprint density at radius 2 is 1.90 bits per heavy atom. The normalized spacial score (nSPS) is 9.95. The lowest BCUT2D eigenvalue weighted by Crippen LogP contribution is -2.12. The molecule has 0 spiro atoms. The highest BCUT2D eigenvalue weighted by atomic mass is 79.9. The van der Waals surface area contributed by atoms with Gasteiger partial charge in [-0.15, -0.1) is 0 Å². The zero-order chi connectivity index (χ0) is 15.2. The maximum Gasteiger partial charge on any atom is 0.341 e. The van der Waals surface area contributed by atoms with E-state index in [-0.39, 0.29) is 5.91 Å². The van der Waals surface area contributed by atoms with Crippen LogP contribution in [0, 0.1) is 0 Å². The SMILES string of the molecule is O=C(O)COc1ccc(NC(=O)c2ccc(Br)nc2)cc1. The molecule has 0 fully saturated rings. The minimum atomic E-state index is -1.05. The molecule has 1 heterocycles. The summed E-state index contributed by atoms with van der Waals surface area (Å²) in [7, 11) is 0. The molecule has 1 aromatic heterocycles. The first-order valence-electron chi connectivity index (χ1n) is 5.92. The molecular weight excluding hydrogens is 340 g/mol. The number of ether oxygens (including phenoxy) is 1. The number of nitrogens with zero attached hydrogens (tertiary/aromatic N) is 1. The van der Waals surface area contributed by atoms with Gasteiger partial charge in [-0.25, -0.2) is 9.78 Å². The fourth-order valence-electron chi connectivity index (χ4n) is 1.49. The van der Waals surface area contributed by atoms with E-state index in [1.54, 1.807) is 36.4 Å². The van der Waals surface area contributed by atoms with E-state index in [9.17, 15) is 9.59 Å². The van der Waals surface area contributed by atoms with Crippen LogP contribution in [-0.2, 0) is 4.79 Å². The van der Waals surface area contributed by atoms with Crippen LogP contribution in [0.3, 0.4) is 0 Å². The van der Waals surface area contributed by atoms with Gasteiger partial charge in [0.1, 0.15) is 10.4 Å². The van der Waals surface area contributed by atoms with Gasteiger partial charge >= 0.3 is 5.97 Å². The van der Waals surface area contributed by atoms with Gasteiger partial charge in [0.15, 0.2) is 6.61 Å². The molecule has 0 aliphatic rings.